The number of anilines is 1. The first-order valence-corrected chi connectivity index (χ1v) is 10.8. The average Bonchev–Trinajstić information content (AvgIpc) is 3.42. The summed E-state index contributed by atoms with van der Waals surface area (Å²) in [6.45, 7) is 0.955. The molecular weight excluding hydrogens is 418 g/mol. The molecule has 3 unspecified atom stereocenters. The molecule has 3 aromatic rings. The largest absolute Gasteiger partial charge is 0.463 e. The van der Waals surface area contributed by atoms with E-state index in [0.29, 0.717) is 12.9 Å². The van der Waals surface area contributed by atoms with E-state index in [1.165, 1.54) is 0 Å². The second-order valence-corrected chi connectivity index (χ2v) is 8.06. The van der Waals surface area contributed by atoms with Gasteiger partial charge in [0.25, 0.3) is 12.9 Å². The number of fused-ring (bicyclic) bond motifs is 3. The van der Waals surface area contributed by atoms with E-state index >= 15 is 0 Å². The van der Waals surface area contributed by atoms with Gasteiger partial charge >= 0.3 is 0 Å². The van der Waals surface area contributed by atoms with Gasteiger partial charge in [-0.3, -0.25) is 9.59 Å². The van der Waals surface area contributed by atoms with Gasteiger partial charge in [-0.25, -0.2) is 0 Å². The molecule has 6 nitrogen and oxygen atoms in total. The van der Waals surface area contributed by atoms with Crippen molar-refractivity contribution in [1.82, 2.24) is 0 Å². The van der Waals surface area contributed by atoms with Gasteiger partial charge in [-0.05, 0) is 40.6 Å². The first kappa shape index (κ1) is 21.0. The molecule has 2 heterocycles. The van der Waals surface area contributed by atoms with Gasteiger partial charge < -0.3 is 19.5 Å². The number of rotatable bonds is 10. The molecule has 3 atom stereocenters. The second-order valence-electron chi connectivity index (χ2n) is 8.06. The van der Waals surface area contributed by atoms with Crippen molar-refractivity contribution >= 4 is 29.4 Å². The van der Waals surface area contributed by atoms with Crippen LogP contribution < -0.4 is 5.32 Å². The van der Waals surface area contributed by atoms with Crippen molar-refractivity contribution in [1.29, 1.82) is 0 Å². The third-order valence-corrected chi connectivity index (χ3v) is 6.27. The van der Waals surface area contributed by atoms with Gasteiger partial charge in [-0.2, -0.15) is 0 Å². The number of benzene rings is 3. The minimum atomic E-state index is -0.909. The maximum atomic E-state index is 11.1. The fourth-order valence-electron chi connectivity index (χ4n) is 4.78. The summed E-state index contributed by atoms with van der Waals surface area (Å²) >= 11 is 0. The molecule has 1 N–H and O–H groups in total. The van der Waals surface area contributed by atoms with Crippen molar-refractivity contribution in [3.05, 3.63) is 102 Å². The maximum absolute atomic E-state index is 11.1. The van der Waals surface area contributed by atoms with Crippen LogP contribution in [0, 0.1) is 0 Å². The lowest BCUT2D eigenvalue weighted by Crippen LogP contribution is -2.41. The second kappa shape index (κ2) is 8.92. The maximum Gasteiger partial charge on any atom is 0.293 e. The first-order chi connectivity index (χ1) is 16.2. The molecule has 5 rings (SSSR count). The van der Waals surface area contributed by atoms with Gasteiger partial charge in [0.2, 0.25) is 0 Å². The molecule has 2 aliphatic heterocycles. The van der Waals surface area contributed by atoms with Crippen LogP contribution in [-0.2, 0) is 23.8 Å². The lowest BCUT2D eigenvalue weighted by Gasteiger charge is -2.37. The molecule has 0 saturated carbocycles. The monoisotopic (exact) mass is 441 g/mol. The third kappa shape index (κ3) is 3.79. The Morgan fingerprint density at radius 2 is 1.64 bits per heavy atom. The summed E-state index contributed by atoms with van der Waals surface area (Å²) in [5.41, 5.74) is 2.62. The normalized spacial score (nSPS) is 21.8. The van der Waals surface area contributed by atoms with Crippen molar-refractivity contribution < 1.29 is 23.8 Å². The Kier molecular flexibility index (Phi) is 5.67. The highest BCUT2D eigenvalue weighted by Crippen LogP contribution is 2.51. The fourth-order valence-corrected chi connectivity index (χ4v) is 4.78. The van der Waals surface area contributed by atoms with Gasteiger partial charge in [0.15, 0.2) is 0 Å². The molecule has 6 heteroatoms. The van der Waals surface area contributed by atoms with E-state index in [1.54, 1.807) is 0 Å². The quantitative estimate of drug-likeness (QED) is 0.373. The van der Waals surface area contributed by atoms with Crippen LogP contribution >= 0.6 is 0 Å². The Labute approximate surface area is 191 Å². The minimum absolute atomic E-state index is 0.0441. The van der Waals surface area contributed by atoms with Crippen LogP contribution in [0.1, 0.15) is 11.6 Å². The molecule has 0 spiro atoms. The smallest absolute Gasteiger partial charge is 0.293 e. The van der Waals surface area contributed by atoms with Crippen molar-refractivity contribution in [3.8, 4) is 0 Å². The highest BCUT2D eigenvalue weighted by atomic mass is 16.5. The summed E-state index contributed by atoms with van der Waals surface area (Å²) in [5, 5.41) is 5.89. The number of carbonyl (C=O) groups excluding carboxylic acids is 2. The zero-order chi connectivity index (χ0) is 22.7. The number of hydrogen-bond donors (Lipinski definition) is 1. The van der Waals surface area contributed by atoms with E-state index in [-0.39, 0.29) is 25.4 Å². The summed E-state index contributed by atoms with van der Waals surface area (Å²) in [5.74, 6) is 0. The summed E-state index contributed by atoms with van der Waals surface area (Å²) in [6, 6.07) is 24.1. The predicted molar refractivity (Wildman–Crippen MR) is 125 cm³/mol. The Balaban J connectivity index is 1.64. The van der Waals surface area contributed by atoms with Crippen LogP contribution in [0.3, 0.4) is 0 Å². The number of hydrogen-bond acceptors (Lipinski definition) is 6. The number of para-hydroxylation sites is 1. The summed E-state index contributed by atoms with van der Waals surface area (Å²) in [4.78, 5) is 21.9. The van der Waals surface area contributed by atoms with Crippen LogP contribution in [-0.4, -0.2) is 37.9 Å². The molecule has 0 saturated heterocycles. The van der Waals surface area contributed by atoms with Crippen LogP contribution in [0.5, 0.6) is 0 Å². The molecular formula is C27H23NO5. The molecule has 0 aliphatic carbocycles. The Hall–Kier alpha value is -3.90. The molecule has 33 heavy (non-hydrogen) atoms. The molecule has 2 aliphatic rings. The number of carbonyl (C=O) groups is 2. The molecule has 0 fully saturated rings. The van der Waals surface area contributed by atoms with Crippen LogP contribution in [0.2, 0.25) is 0 Å². The Bertz CT molecular complexity index is 1240. The first-order valence-electron chi connectivity index (χ1n) is 10.8. The lowest BCUT2D eigenvalue weighted by molar-refractivity contribution is -0.129. The number of nitrogens with one attached hydrogen (secondary N) is 1. The molecule has 0 amide bonds. The summed E-state index contributed by atoms with van der Waals surface area (Å²) in [7, 11) is 0. The van der Waals surface area contributed by atoms with E-state index in [2.05, 4.69) is 35.6 Å². The molecule has 2 bridgehead atoms. The van der Waals surface area contributed by atoms with Crippen LogP contribution in [0.25, 0.3) is 10.8 Å². The molecule has 0 radical (unpaired) electrons. The van der Waals surface area contributed by atoms with Crippen molar-refractivity contribution in [2.45, 2.75) is 17.7 Å². The molecule has 3 aromatic carbocycles. The van der Waals surface area contributed by atoms with Crippen molar-refractivity contribution in [2.75, 3.05) is 18.5 Å². The van der Waals surface area contributed by atoms with E-state index in [1.807, 2.05) is 54.6 Å². The fraction of sp³-hybridized carbons (Fsp3) is 0.185. The number of ether oxygens (including phenoxy) is 3. The van der Waals surface area contributed by atoms with E-state index in [0.717, 1.165) is 33.2 Å². The van der Waals surface area contributed by atoms with E-state index < -0.39 is 5.60 Å². The van der Waals surface area contributed by atoms with Crippen LogP contribution in [0.4, 0.5) is 5.69 Å². The highest BCUT2D eigenvalue weighted by molar-refractivity contribution is 5.83. The van der Waals surface area contributed by atoms with E-state index in [4.69, 9.17) is 14.2 Å². The lowest BCUT2D eigenvalue weighted by atomic mass is 9.78. The van der Waals surface area contributed by atoms with E-state index in [9.17, 15) is 9.59 Å². The average molecular weight is 441 g/mol. The van der Waals surface area contributed by atoms with Gasteiger partial charge in [0.05, 0.1) is 6.04 Å². The van der Waals surface area contributed by atoms with Gasteiger partial charge in [0, 0.05) is 16.8 Å². The zero-order valence-electron chi connectivity index (χ0n) is 17.8. The van der Waals surface area contributed by atoms with Gasteiger partial charge in [-0.1, -0.05) is 60.7 Å². The predicted octanol–water partition coefficient (Wildman–Crippen LogP) is 4.34. The van der Waals surface area contributed by atoms with Gasteiger partial charge in [-0.15, -0.1) is 0 Å². The molecule has 0 aromatic heterocycles. The third-order valence-electron chi connectivity index (χ3n) is 6.27. The topological polar surface area (TPSA) is 73.9 Å². The Morgan fingerprint density at radius 1 is 0.909 bits per heavy atom. The highest BCUT2D eigenvalue weighted by Gasteiger charge is 2.54. The van der Waals surface area contributed by atoms with Crippen LogP contribution in [0.15, 0.2) is 96.1 Å². The zero-order valence-corrected chi connectivity index (χ0v) is 17.8. The SMILES string of the molecule is O=COCC1=C(COC=O)C2(C(Nc3ccccc3)c3ccc4ccccc4c3)C=CC1O2. The Morgan fingerprint density at radius 3 is 2.42 bits per heavy atom. The summed E-state index contributed by atoms with van der Waals surface area (Å²) in [6.07, 6.45) is 3.63. The van der Waals surface area contributed by atoms with Crippen molar-refractivity contribution in [3.63, 3.8) is 0 Å². The van der Waals surface area contributed by atoms with Crippen molar-refractivity contribution in [2.24, 2.45) is 0 Å². The van der Waals surface area contributed by atoms with Gasteiger partial charge in [0.1, 0.15) is 24.9 Å². The summed E-state index contributed by atoms with van der Waals surface area (Å²) < 4.78 is 16.8. The minimum Gasteiger partial charge on any atom is -0.463 e. The standard InChI is InChI=1S/C27H23NO5/c29-17-31-15-23-24(16-32-18-30)27(13-12-25(23)33-27)26(28-22-8-2-1-3-9-22)21-11-10-19-6-4-5-7-20(19)14-21/h1-14,17-18,25-26,28H,15-16H2. The molecule has 166 valence electrons.